The first-order valence-corrected chi connectivity index (χ1v) is 9.22. The van der Waals surface area contributed by atoms with Gasteiger partial charge in [-0.3, -0.25) is 19.8 Å². The molecule has 0 saturated carbocycles. The van der Waals surface area contributed by atoms with Crippen LogP contribution in [0, 0.1) is 5.41 Å². The molecule has 0 fully saturated rings. The maximum absolute atomic E-state index is 12.5. The lowest BCUT2D eigenvalue weighted by atomic mass is 10.2. The van der Waals surface area contributed by atoms with Gasteiger partial charge in [-0.05, 0) is 11.6 Å². The number of hydrogen-bond acceptors (Lipinski definition) is 7. The normalized spacial score (nSPS) is 12.3. The number of aromatic nitrogens is 5. The fourth-order valence-corrected chi connectivity index (χ4v) is 2.90. The van der Waals surface area contributed by atoms with Crippen molar-refractivity contribution in [3.05, 3.63) is 71.0 Å². The van der Waals surface area contributed by atoms with Gasteiger partial charge in [0, 0.05) is 31.9 Å². The zero-order valence-corrected chi connectivity index (χ0v) is 16.2. The zero-order chi connectivity index (χ0) is 20.9. The molecular weight excluding hydrogens is 382 g/mol. The number of aromatic amines is 1. The van der Waals surface area contributed by atoms with Crippen molar-refractivity contribution in [1.82, 2.24) is 24.5 Å². The molecule has 0 aliphatic heterocycles. The molecule has 1 unspecified atom stereocenters. The Morgan fingerprint density at radius 1 is 1.27 bits per heavy atom. The van der Waals surface area contributed by atoms with Crippen molar-refractivity contribution in [2.75, 3.05) is 0 Å². The number of hydrogen-bond donors (Lipinski definition) is 2. The molecule has 4 aromatic rings. The summed E-state index contributed by atoms with van der Waals surface area (Å²) in [4.78, 5) is 32.5. The van der Waals surface area contributed by atoms with Crippen molar-refractivity contribution in [3.8, 4) is 17.4 Å². The topological polar surface area (TPSA) is 122 Å². The van der Waals surface area contributed by atoms with Gasteiger partial charge < -0.3 is 14.7 Å². The molecule has 0 radical (unpaired) electrons. The molecule has 0 bridgehead atoms. The van der Waals surface area contributed by atoms with E-state index in [-0.39, 0.29) is 11.6 Å². The number of benzene rings is 1. The Bertz CT molecular complexity index is 1260. The van der Waals surface area contributed by atoms with E-state index >= 15 is 0 Å². The average molecular weight is 401 g/mol. The van der Waals surface area contributed by atoms with Gasteiger partial charge in [0.05, 0.1) is 18.3 Å². The fourth-order valence-electron chi connectivity index (χ4n) is 2.90. The highest BCUT2D eigenvalue weighted by Gasteiger charge is 2.15. The second-order valence-electron chi connectivity index (χ2n) is 6.58. The summed E-state index contributed by atoms with van der Waals surface area (Å²) in [5, 5.41) is 7.98. The van der Waals surface area contributed by atoms with Crippen molar-refractivity contribution in [2.45, 2.75) is 12.6 Å². The third kappa shape index (κ3) is 4.14. The number of aryl methyl sites for hydroxylation is 1. The van der Waals surface area contributed by atoms with Crippen LogP contribution in [0.4, 0.5) is 0 Å². The molecule has 1 aromatic carbocycles. The number of pyridine rings is 1. The molecule has 0 amide bonds. The highest BCUT2D eigenvalue weighted by Crippen LogP contribution is 2.22. The van der Waals surface area contributed by atoms with Crippen LogP contribution in [0.15, 0.2) is 64.9 Å². The molecule has 2 N–H and O–H groups in total. The quantitative estimate of drug-likeness (QED) is 0.461. The standard InChI is InChI=1S/C21H19N7O2/c1-28-12-17(25-13-28)19-18-16(7-8-24-19)20(29)27-21(26-18)30-15(9-22)11-23-10-14-5-3-2-4-6-14/h2-9,11-13,15,22H,10H2,1H3,(H,26,27,29). The maximum Gasteiger partial charge on any atom is 0.298 e. The van der Waals surface area contributed by atoms with Gasteiger partial charge in [0.25, 0.3) is 11.6 Å². The van der Waals surface area contributed by atoms with E-state index in [2.05, 4.69) is 24.9 Å². The van der Waals surface area contributed by atoms with E-state index < -0.39 is 6.10 Å². The van der Waals surface area contributed by atoms with E-state index in [1.54, 1.807) is 29.4 Å². The van der Waals surface area contributed by atoms with Crippen LogP contribution in [-0.2, 0) is 13.6 Å². The number of aliphatic imine (C=N–C) groups is 1. The van der Waals surface area contributed by atoms with Crippen LogP contribution in [0.3, 0.4) is 0 Å². The first-order chi connectivity index (χ1) is 14.6. The van der Waals surface area contributed by atoms with Crippen LogP contribution in [0.1, 0.15) is 5.56 Å². The monoisotopic (exact) mass is 401 g/mol. The van der Waals surface area contributed by atoms with E-state index in [4.69, 9.17) is 10.1 Å². The summed E-state index contributed by atoms with van der Waals surface area (Å²) in [5.74, 6) is 0. The first kappa shape index (κ1) is 19.2. The molecule has 9 heteroatoms. The van der Waals surface area contributed by atoms with Crippen LogP contribution in [0.2, 0.25) is 0 Å². The number of nitrogens with zero attached hydrogens (tertiary/aromatic N) is 5. The van der Waals surface area contributed by atoms with Gasteiger partial charge in [-0.2, -0.15) is 4.98 Å². The van der Waals surface area contributed by atoms with E-state index in [1.807, 2.05) is 37.4 Å². The highest BCUT2D eigenvalue weighted by molar-refractivity contribution is 5.90. The number of fused-ring (bicyclic) bond motifs is 1. The van der Waals surface area contributed by atoms with E-state index in [0.29, 0.717) is 28.8 Å². The molecule has 1 atom stereocenters. The largest absolute Gasteiger partial charge is 0.450 e. The minimum atomic E-state index is -0.774. The molecule has 3 aromatic heterocycles. The van der Waals surface area contributed by atoms with Crippen LogP contribution in [-0.4, -0.2) is 43.0 Å². The Morgan fingerprint density at radius 3 is 2.83 bits per heavy atom. The second kappa shape index (κ2) is 8.48. The molecular formula is C21H19N7O2. The Hall–Kier alpha value is -4.14. The molecule has 150 valence electrons. The molecule has 3 heterocycles. The van der Waals surface area contributed by atoms with Gasteiger partial charge in [0.15, 0.2) is 6.10 Å². The molecule has 0 aliphatic carbocycles. The lowest BCUT2D eigenvalue weighted by Gasteiger charge is -2.10. The van der Waals surface area contributed by atoms with Crippen molar-refractivity contribution in [2.24, 2.45) is 12.0 Å². The van der Waals surface area contributed by atoms with E-state index in [1.165, 1.54) is 6.21 Å². The van der Waals surface area contributed by atoms with Crippen molar-refractivity contribution < 1.29 is 4.74 Å². The van der Waals surface area contributed by atoms with Crippen molar-refractivity contribution in [3.63, 3.8) is 0 Å². The van der Waals surface area contributed by atoms with Crippen LogP contribution in [0.5, 0.6) is 6.01 Å². The summed E-state index contributed by atoms with van der Waals surface area (Å²) in [7, 11) is 1.85. The number of rotatable bonds is 7. The minimum absolute atomic E-state index is 0.0163. The summed E-state index contributed by atoms with van der Waals surface area (Å²) in [6, 6.07) is 11.3. The molecule has 9 nitrogen and oxygen atoms in total. The fraction of sp³-hybridized carbons (Fsp3) is 0.143. The summed E-state index contributed by atoms with van der Waals surface area (Å²) < 4.78 is 7.46. The summed E-state index contributed by atoms with van der Waals surface area (Å²) in [6.07, 6.45) is 6.80. The molecule has 0 spiro atoms. The van der Waals surface area contributed by atoms with Gasteiger partial charge in [0.1, 0.15) is 16.9 Å². The SMILES string of the molecule is Cn1cnc(-c2nccc3c(=O)[nH]c(OC(C=N)C=NCc4ccccc4)nc23)c1. The van der Waals surface area contributed by atoms with Gasteiger partial charge in [-0.1, -0.05) is 30.3 Å². The average Bonchev–Trinajstić information content (AvgIpc) is 3.19. The Morgan fingerprint density at radius 2 is 2.10 bits per heavy atom. The van der Waals surface area contributed by atoms with Crippen LogP contribution in [0.25, 0.3) is 22.3 Å². The molecule has 0 saturated heterocycles. The third-order valence-electron chi connectivity index (χ3n) is 4.33. The van der Waals surface area contributed by atoms with Crippen LogP contribution < -0.4 is 10.3 Å². The van der Waals surface area contributed by atoms with E-state index in [9.17, 15) is 4.79 Å². The summed E-state index contributed by atoms with van der Waals surface area (Å²) >= 11 is 0. The van der Waals surface area contributed by atoms with Gasteiger partial charge in [-0.15, -0.1) is 0 Å². The van der Waals surface area contributed by atoms with Gasteiger partial charge >= 0.3 is 0 Å². The number of H-pyrrole nitrogens is 1. The highest BCUT2D eigenvalue weighted by atomic mass is 16.5. The molecule has 4 rings (SSSR count). The zero-order valence-electron chi connectivity index (χ0n) is 16.2. The predicted octanol–water partition coefficient (Wildman–Crippen LogP) is 2.39. The predicted molar refractivity (Wildman–Crippen MR) is 114 cm³/mol. The second-order valence-corrected chi connectivity index (χ2v) is 6.58. The molecule has 30 heavy (non-hydrogen) atoms. The third-order valence-corrected chi connectivity index (χ3v) is 4.33. The lowest BCUT2D eigenvalue weighted by molar-refractivity contribution is 0.309. The van der Waals surface area contributed by atoms with Gasteiger partial charge in [-0.25, -0.2) is 4.98 Å². The van der Waals surface area contributed by atoms with Crippen LogP contribution >= 0.6 is 0 Å². The number of nitrogens with one attached hydrogen (secondary N) is 2. The van der Waals surface area contributed by atoms with Crippen molar-refractivity contribution >= 4 is 23.3 Å². The smallest absolute Gasteiger partial charge is 0.298 e. The molecule has 0 aliphatic rings. The minimum Gasteiger partial charge on any atom is -0.450 e. The lowest BCUT2D eigenvalue weighted by Crippen LogP contribution is -2.23. The Kier molecular flexibility index (Phi) is 5.42. The van der Waals surface area contributed by atoms with E-state index in [0.717, 1.165) is 11.8 Å². The Labute approximate surface area is 171 Å². The summed E-state index contributed by atoms with van der Waals surface area (Å²) in [5.41, 5.74) is 2.13. The maximum atomic E-state index is 12.5. The number of imidazole rings is 1. The summed E-state index contributed by atoms with van der Waals surface area (Å²) in [6.45, 7) is 0.462. The number of ether oxygens (including phenoxy) is 1. The Balaban J connectivity index is 1.62. The van der Waals surface area contributed by atoms with Crippen molar-refractivity contribution in [1.29, 1.82) is 5.41 Å². The van der Waals surface area contributed by atoms with Gasteiger partial charge in [0.2, 0.25) is 0 Å². The first-order valence-electron chi connectivity index (χ1n) is 9.22.